The van der Waals surface area contributed by atoms with Gasteiger partial charge in [0.25, 0.3) is 0 Å². The third kappa shape index (κ3) is 2.65. The maximum absolute atomic E-state index is 10.8. The molecule has 3 rings (SSSR count). The molecular formula is C14H19N5OS. The van der Waals surface area contributed by atoms with E-state index in [0.717, 1.165) is 29.7 Å². The fraction of sp³-hybridized carbons (Fsp3) is 0.500. The second-order valence-corrected chi connectivity index (χ2v) is 6.62. The van der Waals surface area contributed by atoms with Crippen LogP contribution in [0.25, 0.3) is 10.2 Å². The highest BCUT2D eigenvalue weighted by Crippen LogP contribution is 2.33. The Balaban J connectivity index is 1.91. The number of fused-ring (bicyclic) bond motifs is 1. The molecule has 2 aromatic rings. The first-order valence-electron chi connectivity index (χ1n) is 7.09. The molecule has 0 bridgehead atoms. The lowest BCUT2D eigenvalue weighted by Gasteiger charge is -2.32. The van der Waals surface area contributed by atoms with Gasteiger partial charge in [-0.2, -0.15) is 4.98 Å². The van der Waals surface area contributed by atoms with E-state index in [1.807, 2.05) is 0 Å². The molecular weight excluding hydrogens is 286 g/mol. The van der Waals surface area contributed by atoms with Gasteiger partial charge in [-0.05, 0) is 12.0 Å². The van der Waals surface area contributed by atoms with E-state index >= 15 is 0 Å². The molecule has 0 atom stereocenters. The van der Waals surface area contributed by atoms with Crippen molar-refractivity contribution in [1.29, 1.82) is 0 Å². The number of nitrogen functional groups attached to an aromatic ring is 1. The summed E-state index contributed by atoms with van der Waals surface area (Å²) in [5, 5.41) is 0.943. The molecule has 0 saturated carbocycles. The topological polar surface area (TPSA) is 75.3 Å². The predicted octanol–water partition coefficient (Wildman–Crippen LogP) is 1.68. The lowest BCUT2D eigenvalue weighted by Crippen LogP contribution is -2.46. The van der Waals surface area contributed by atoms with E-state index in [2.05, 4.69) is 34.8 Å². The highest BCUT2D eigenvalue weighted by molar-refractivity contribution is 7.18. The van der Waals surface area contributed by atoms with E-state index in [4.69, 9.17) is 5.73 Å². The summed E-state index contributed by atoms with van der Waals surface area (Å²) < 4.78 is 0. The number of aromatic nitrogens is 2. The fourth-order valence-electron chi connectivity index (χ4n) is 2.40. The number of hydrogen-bond donors (Lipinski definition) is 1. The van der Waals surface area contributed by atoms with E-state index in [0.29, 0.717) is 30.8 Å². The molecule has 1 saturated heterocycles. The van der Waals surface area contributed by atoms with Crippen molar-refractivity contribution in [3.63, 3.8) is 0 Å². The molecule has 0 radical (unpaired) electrons. The summed E-state index contributed by atoms with van der Waals surface area (Å²) in [6, 6.07) is 2.09. The van der Waals surface area contributed by atoms with Crippen LogP contribution in [0.4, 0.5) is 11.8 Å². The molecule has 0 spiro atoms. The quantitative estimate of drug-likeness (QED) is 0.873. The second kappa shape index (κ2) is 5.48. The summed E-state index contributed by atoms with van der Waals surface area (Å²) >= 11 is 1.68. The molecule has 1 amide bonds. The van der Waals surface area contributed by atoms with Crippen LogP contribution in [0.3, 0.4) is 0 Å². The molecule has 0 aromatic carbocycles. The third-order valence-corrected chi connectivity index (χ3v) is 5.07. The molecule has 0 aliphatic carbocycles. The summed E-state index contributed by atoms with van der Waals surface area (Å²) in [7, 11) is 0. The minimum Gasteiger partial charge on any atom is -0.383 e. The maximum Gasteiger partial charge on any atom is 0.228 e. The number of carbonyl (C=O) groups is 1. The van der Waals surface area contributed by atoms with Crippen molar-refractivity contribution in [3.05, 3.63) is 10.9 Å². The van der Waals surface area contributed by atoms with Crippen LogP contribution < -0.4 is 10.6 Å². The van der Waals surface area contributed by atoms with Crippen molar-refractivity contribution in [2.45, 2.75) is 19.8 Å². The van der Waals surface area contributed by atoms with Crippen LogP contribution in [-0.2, 0) is 4.79 Å². The smallest absolute Gasteiger partial charge is 0.228 e. The summed E-state index contributed by atoms with van der Waals surface area (Å²) in [4.78, 5) is 25.9. The average molecular weight is 305 g/mol. The second-order valence-electron chi connectivity index (χ2n) is 5.56. The van der Waals surface area contributed by atoms with Crippen LogP contribution in [0.1, 0.15) is 24.6 Å². The maximum atomic E-state index is 10.8. The SMILES string of the molecule is CC(C)c1cc2c(N)nc(N3CCN(C=O)CC3)nc2s1. The predicted molar refractivity (Wildman–Crippen MR) is 85.8 cm³/mol. The van der Waals surface area contributed by atoms with Crippen LogP contribution in [-0.4, -0.2) is 47.5 Å². The van der Waals surface area contributed by atoms with Gasteiger partial charge in [0.15, 0.2) is 0 Å². The van der Waals surface area contributed by atoms with Crippen molar-refractivity contribution in [1.82, 2.24) is 14.9 Å². The Morgan fingerprint density at radius 2 is 2.00 bits per heavy atom. The van der Waals surface area contributed by atoms with Gasteiger partial charge >= 0.3 is 0 Å². The Morgan fingerprint density at radius 1 is 1.29 bits per heavy atom. The largest absolute Gasteiger partial charge is 0.383 e. The van der Waals surface area contributed by atoms with Gasteiger partial charge in [0, 0.05) is 31.1 Å². The third-order valence-electron chi connectivity index (χ3n) is 3.74. The first-order chi connectivity index (χ1) is 10.1. The van der Waals surface area contributed by atoms with Gasteiger partial charge in [0.2, 0.25) is 12.4 Å². The Kier molecular flexibility index (Phi) is 3.67. The highest BCUT2D eigenvalue weighted by Gasteiger charge is 2.20. The van der Waals surface area contributed by atoms with E-state index in [9.17, 15) is 4.79 Å². The molecule has 3 heterocycles. The number of piperazine rings is 1. The van der Waals surface area contributed by atoms with E-state index in [1.54, 1.807) is 16.2 Å². The lowest BCUT2D eigenvalue weighted by atomic mass is 10.2. The molecule has 21 heavy (non-hydrogen) atoms. The molecule has 1 fully saturated rings. The van der Waals surface area contributed by atoms with Crippen molar-refractivity contribution in [2.75, 3.05) is 36.8 Å². The van der Waals surface area contributed by atoms with Crippen LogP contribution in [0.15, 0.2) is 6.07 Å². The fourth-order valence-corrected chi connectivity index (χ4v) is 3.44. The van der Waals surface area contributed by atoms with Crippen molar-refractivity contribution in [2.24, 2.45) is 0 Å². The van der Waals surface area contributed by atoms with E-state index in [1.165, 1.54) is 4.88 Å². The van der Waals surface area contributed by atoms with Crippen LogP contribution in [0, 0.1) is 0 Å². The summed E-state index contributed by atoms with van der Waals surface area (Å²) in [6.45, 7) is 7.21. The Bertz CT molecular complexity index is 661. The minimum absolute atomic E-state index is 0.461. The van der Waals surface area contributed by atoms with Crippen LogP contribution >= 0.6 is 11.3 Å². The van der Waals surface area contributed by atoms with Crippen molar-refractivity contribution in [3.8, 4) is 0 Å². The van der Waals surface area contributed by atoms with Crippen LogP contribution in [0.5, 0.6) is 0 Å². The molecule has 1 aliphatic heterocycles. The Hall–Kier alpha value is -1.89. The molecule has 1 aliphatic rings. The molecule has 0 unspecified atom stereocenters. The zero-order valence-electron chi connectivity index (χ0n) is 12.2. The summed E-state index contributed by atoms with van der Waals surface area (Å²) in [6.07, 6.45) is 0.893. The summed E-state index contributed by atoms with van der Waals surface area (Å²) in [5.41, 5.74) is 6.09. The van der Waals surface area contributed by atoms with Gasteiger partial charge in [-0.1, -0.05) is 13.8 Å². The first kappa shape index (κ1) is 14.1. The van der Waals surface area contributed by atoms with Crippen molar-refractivity contribution >= 4 is 39.7 Å². The van der Waals surface area contributed by atoms with Gasteiger partial charge in [-0.25, -0.2) is 4.98 Å². The molecule has 6 nitrogen and oxygen atoms in total. The van der Waals surface area contributed by atoms with E-state index < -0.39 is 0 Å². The van der Waals surface area contributed by atoms with Crippen LogP contribution in [0.2, 0.25) is 0 Å². The number of hydrogen-bond acceptors (Lipinski definition) is 6. The minimum atomic E-state index is 0.461. The first-order valence-corrected chi connectivity index (χ1v) is 7.91. The van der Waals surface area contributed by atoms with Gasteiger partial charge in [-0.3, -0.25) is 4.79 Å². The summed E-state index contributed by atoms with van der Waals surface area (Å²) in [5.74, 6) is 1.67. The Labute approximate surface area is 127 Å². The number of nitrogens with zero attached hydrogens (tertiary/aromatic N) is 4. The highest BCUT2D eigenvalue weighted by atomic mass is 32.1. The Morgan fingerprint density at radius 3 is 2.62 bits per heavy atom. The zero-order valence-corrected chi connectivity index (χ0v) is 13.1. The number of carbonyl (C=O) groups excluding carboxylic acids is 1. The molecule has 7 heteroatoms. The molecule has 2 aromatic heterocycles. The zero-order chi connectivity index (χ0) is 15.0. The van der Waals surface area contributed by atoms with E-state index in [-0.39, 0.29) is 0 Å². The molecule has 2 N–H and O–H groups in total. The van der Waals surface area contributed by atoms with Gasteiger partial charge < -0.3 is 15.5 Å². The van der Waals surface area contributed by atoms with Gasteiger partial charge in [0.05, 0.1) is 5.39 Å². The number of anilines is 2. The average Bonchev–Trinajstić information content (AvgIpc) is 2.92. The number of rotatable bonds is 3. The number of amides is 1. The number of nitrogens with two attached hydrogens (primary N) is 1. The van der Waals surface area contributed by atoms with Gasteiger partial charge in [-0.15, -0.1) is 11.3 Å². The monoisotopic (exact) mass is 305 g/mol. The lowest BCUT2D eigenvalue weighted by molar-refractivity contribution is -0.118. The van der Waals surface area contributed by atoms with Gasteiger partial charge in [0.1, 0.15) is 10.6 Å². The molecule has 112 valence electrons. The number of thiophene rings is 1. The standard InChI is InChI=1S/C14H19N5OS/c1-9(2)11-7-10-12(15)16-14(17-13(10)21-11)19-5-3-18(8-20)4-6-19/h7-9H,3-6H2,1-2H3,(H2,15,16,17). The normalized spacial score (nSPS) is 16.0. The van der Waals surface area contributed by atoms with Crippen molar-refractivity contribution < 1.29 is 4.79 Å².